The number of carbonyl (C=O) groups is 1. The summed E-state index contributed by atoms with van der Waals surface area (Å²) in [6, 6.07) is 0.519. The van der Waals surface area contributed by atoms with Crippen LogP contribution in [0.1, 0.15) is 32.0 Å². The normalized spacial score (nSPS) is 20.0. The Kier molecular flexibility index (Phi) is 4.93. The Morgan fingerprint density at radius 2 is 2.14 bits per heavy atom. The number of rotatable bonds is 5. The minimum atomic E-state index is 0.296. The van der Waals surface area contributed by atoms with Gasteiger partial charge in [0, 0.05) is 50.3 Å². The van der Waals surface area contributed by atoms with E-state index in [9.17, 15) is 4.79 Å². The summed E-state index contributed by atoms with van der Waals surface area (Å²) >= 11 is 1.47. The molecule has 0 bridgehead atoms. The highest BCUT2D eigenvalue weighted by Crippen LogP contribution is 2.26. The molecule has 2 aliphatic rings. The van der Waals surface area contributed by atoms with Crippen LogP contribution in [0.5, 0.6) is 0 Å². The molecule has 122 valence electrons. The van der Waals surface area contributed by atoms with Gasteiger partial charge in [-0.1, -0.05) is 0 Å². The van der Waals surface area contributed by atoms with Crippen molar-refractivity contribution in [2.24, 2.45) is 0 Å². The summed E-state index contributed by atoms with van der Waals surface area (Å²) in [5.74, 6) is 1.14. The molecule has 0 atom stereocenters. The van der Waals surface area contributed by atoms with Crippen LogP contribution < -0.4 is 4.90 Å². The number of nitrogens with zero attached hydrogens (tertiary/aromatic N) is 5. The lowest BCUT2D eigenvalue weighted by molar-refractivity contribution is -0.132. The van der Waals surface area contributed by atoms with E-state index in [1.54, 1.807) is 0 Å². The van der Waals surface area contributed by atoms with Crippen molar-refractivity contribution in [3.63, 3.8) is 0 Å². The van der Waals surface area contributed by atoms with Crippen molar-refractivity contribution in [3.8, 4) is 0 Å². The van der Waals surface area contributed by atoms with Crippen molar-refractivity contribution in [1.82, 2.24) is 19.2 Å². The molecule has 0 radical (unpaired) electrons. The lowest BCUT2D eigenvalue weighted by atomic mass is 10.3. The lowest BCUT2D eigenvalue weighted by Gasteiger charge is -2.25. The quantitative estimate of drug-likeness (QED) is 0.819. The van der Waals surface area contributed by atoms with Crippen molar-refractivity contribution >= 4 is 22.6 Å². The minimum absolute atomic E-state index is 0.296. The molecule has 3 rings (SSSR count). The second kappa shape index (κ2) is 6.91. The molecular weight excluding hydrogens is 298 g/mol. The zero-order valence-corrected chi connectivity index (χ0v) is 14.3. The SMILES string of the molecule is CCN(C(=O)CN1CCCN(c2nc(C)ns2)CC1)C1CC1. The van der Waals surface area contributed by atoms with E-state index < -0.39 is 0 Å². The molecule has 1 saturated heterocycles. The Balaban J connectivity index is 1.52. The minimum Gasteiger partial charge on any atom is -0.346 e. The Labute approximate surface area is 136 Å². The van der Waals surface area contributed by atoms with Crippen LogP contribution in [0.15, 0.2) is 0 Å². The van der Waals surface area contributed by atoms with Crippen LogP contribution in [0, 0.1) is 6.92 Å². The summed E-state index contributed by atoms with van der Waals surface area (Å²) < 4.78 is 4.26. The molecule has 7 heteroatoms. The van der Waals surface area contributed by atoms with E-state index in [2.05, 4.69) is 31.0 Å². The summed E-state index contributed by atoms with van der Waals surface area (Å²) in [5.41, 5.74) is 0. The van der Waals surface area contributed by atoms with Gasteiger partial charge in [0.1, 0.15) is 5.82 Å². The van der Waals surface area contributed by atoms with E-state index in [1.807, 2.05) is 6.92 Å². The van der Waals surface area contributed by atoms with E-state index in [-0.39, 0.29) is 0 Å². The molecule has 1 aromatic rings. The molecule has 6 nitrogen and oxygen atoms in total. The monoisotopic (exact) mass is 323 g/mol. The maximum absolute atomic E-state index is 12.4. The first kappa shape index (κ1) is 15.7. The third-order valence-corrected chi connectivity index (χ3v) is 5.25. The highest BCUT2D eigenvalue weighted by molar-refractivity contribution is 7.09. The Morgan fingerprint density at radius 3 is 2.77 bits per heavy atom. The molecule has 1 saturated carbocycles. The summed E-state index contributed by atoms with van der Waals surface area (Å²) in [6.45, 7) is 9.25. The van der Waals surface area contributed by atoms with Crippen LogP contribution in [0.4, 0.5) is 5.13 Å². The highest BCUT2D eigenvalue weighted by atomic mass is 32.1. The van der Waals surface area contributed by atoms with Crippen molar-refractivity contribution in [2.45, 2.75) is 39.2 Å². The number of aromatic nitrogens is 2. The molecule has 1 aliphatic carbocycles. The summed E-state index contributed by atoms with van der Waals surface area (Å²) in [7, 11) is 0. The zero-order chi connectivity index (χ0) is 15.5. The van der Waals surface area contributed by atoms with Gasteiger partial charge >= 0.3 is 0 Å². The van der Waals surface area contributed by atoms with Crippen LogP contribution in [0.3, 0.4) is 0 Å². The molecule has 0 spiro atoms. The topological polar surface area (TPSA) is 52.6 Å². The highest BCUT2D eigenvalue weighted by Gasteiger charge is 2.32. The number of amides is 1. The fourth-order valence-corrected chi connectivity index (χ4v) is 3.77. The molecule has 0 aromatic carbocycles. The van der Waals surface area contributed by atoms with Gasteiger partial charge in [0.2, 0.25) is 11.0 Å². The van der Waals surface area contributed by atoms with E-state index >= 15 is 0 Å². The summed E-state index contributed by atoms with van der Waals surface area (Å²) in [5, 5.41) is 1.01. The fraction of sp³-hybridized carbons (Fsp3) is 0.800. The summed E-state index contributed by atoms with van der Waals surface area (Å²) in [6.07, 6.45) is 3.44. The molecule has 2 heterocycles. The van der Waals surface area contributed by atoms with Gasteiger partial charge in [0.05, 0.1) is 6.54 Å². The second-order valence-corrected chi connectivity index (χ2v) is 6.88. The number of anilines is 1. The van der Waals surface area contributed by atoms with Crippen LogP contribution in [-0.2, 0) is 4.79 Å². The van der Waals surface area contributed by atoms with Crippen molar-refractivity contribution in [3.05, 3.63) is 5.82 Å². The van der Waals surface area contributed by atoms with E-state index in [1.165, 1.54) is 24.4 Å². The smallest absolute Gasteiger partial charge is 0.236 e. The van der Waals surface area contributed by atoms with Gasteiger partial charge in [-0.2, -0.15) is 4.37 Å². The molecule has 22 heavy (non-hydrogen) atoms. The third kappa shape index (κ3) is 3.76. The van der Waals surface area contributed by atoms with Gasteiger partial charge in [-0.05, 0) is 33.1 Å². The van der Waals surface area contributed by atoms with Gasteiger partial charge in [0.25, 0.3) is 0 Å². The van der Waals surface area contributed by atoms with Gasteiger partial charge in [-0.25, -0.2) is 4.98 Å². The standard InChI is InChI=1S/C15H25N5OS/c1-3-20(13-5-6-13)14(21)11-18-7-4-8-19(10-9-18)15-16-12(2)17-22-15/h13H,3-11H2,1-2H3. The average Bonchev–Trinajstić information content (AvgIpc) is 3.27. The van der Waals surface area contributed by atoms with Gasteiger partial charge < -0.3 is 9.80 Å². The Bertz CT molecular complexity index is 516. The zero-order valence-electron chi connectivity index (χ0n) is 13.5. The van der Waals surface area contributed by atoms with Crippen LogP contribution in [0.25, 0.3) is 0 Å². The van der Waals surface area contributed by atoms with E-state index in [4.69, 9.17) is 0 Å². The number of hydrogen-bond donors (Lipinski definition) is 0. The fourth-order valence-electron chi connectivity index (χ4n) is 3.04. The maximum Gasteiger partial charge on any atom is 0.236 e. The van der Waals surface area contributed by atoms with E-state index in [0.717, 1.165) is 50.1 Å². The molecular formula is C15H25N5OS. The van der Waals surface area contributed by atoms with Crippen molar-refractivity contribution < 1.29 is 4.79 Å². The summed E-state index contributed by atoms with van der Waals surface area (Å²) in [4.78, 5) is 23.6. The molecule has 1 aliphatic heterocycles. The Morgan fingerprint density at radius 1 is 1.32 bits per heavy atom. The molecule has 0 N–H and O–H groups in total. The molecule has 1 aromatic heterocycles. The van der Waals surface area contributed by atoms with E-state index in [0.29, 0.717) is 18.5 Å². The van der Waals surface area contributed by atoms with Crippen LogP contribution in [-0.4, -0.2) is 70.4 Å². The second-order valence-electron chi connectivity index (χ2n) is 6.15. The maximum atomic E-state index is 12.4. The Hall–Kier alpha value is -1.21. The van der Waals surface area contributed by atoms with Gasteiger partial charge in [-0.3, -0.25) is 9.69 Å². The van der Waals surface area contributed by atoms with Gasteiger partial charge in [0.15, 0.2) is 0 Å². The first-order valence-electron chi connectivity index (χ1n) is 8.24. The number of carbonyl (C=O) groups excluding carboxylic acids is 1. The number of aryl methyl sites for hydroxylation is 1. The first-order valence-corrected chi connectivity index (χ1v) is 9.01. The van der Waals surface area contributed by atoms with Crippen LogP contribution in [0.2, 0.25) is 0 Å². The predicted octanol–water partition coefficient (Wildman–Crippen LogP) is 1.37. The third-order valence-electron chi connectivity index (χ3n) is 4.38. The molecule has 0 unspecified atom stereocenters. The number of likely N-dealkylation sites (N-methyl/N-ethyl adjacent to an activating group) is 1. The largest absolute Gasteiger partial charge is 0.346 e. The average molecular weight is 323 g/mol. The van der Waals surface area contributed by atoms with Crippen molar-refractivity contribution in [1.29, 1.82) is 0 Å². The lowest BCUT2D eigenvalue weighted by Crippen LogP contribution is -2.42. The predicted molar refractivity (Wildman–Crippen MR) is 88.3 cm³/mol. The van der Waals surface area contributed by atoms with Gasteiger partial charge in [-0.15, -0.1) is 0 Å². The van der Waals surface area contributed by atoms with Crippen LogP contribution >= 0.6 is 11.5 Å². The molecule has 2 fully saturated rings. The number of hydrogen-bond acceptors (Lipinski definition) is 6. The molecule has 1 amide bonds. The first-order chi connectivity index (χ1) is 10.7. The van der Waals surface area contributed by atoms with Crippen molar-refractivity contribution in [2.75, 3.05) is 44.2 Å².